The van der Waals surface area contributed by atoms with Crippen molar-refractivity contribution in [2.45, 2.75) is 26.9 Å². The van der Waals surface area contributed by atoms with Gasteiger partial charge in [-0.1, -0.05) is 26.0 Å². The summed E-state index contributed by atoms with van der Waals surface area (Å²) in [4.78, 5) is 0. The average Bonchev–Trinajstić information content (AvgIpc) is 2.18. The fourth-order valence-corrected chi connectivity index (χ4v) is 1.28. The molecule has 2 nitrogen and oxygen atoms in total. The van der Waals surface area contributed by atoms with Gasteiger partial charge in [0.2, 0.25) is 0 Å². The molecule has 0 spiro atoms. The summed E-state index contributed by atoms with van der Waals surface area (Å²) >= 11 is 0. The molecule has 0 saturated heterocycles. The Morgan fingerprint density at radius 1 is 1.36 bits per heavy atom. The standard InChI is InChI=1S/C12H19NO/c1-10(2)6-7-13-12-5-3-4-11(8-12)9-14/h3-5,8,10,13-14H,6-7,9H2,1-2H3. The number of anilines is 1. The summed E-state index contributed by atoms with van der Waals surface area (Å²) < 4.78 is 0. The molecule has 0 amide bonds. The maximum absolute atomic E-state index is 8.95. The molecule has 2 N–H and O–H groups in total. The van der Waals surface area contributed by atoms with Crippen molar-refractivity contribution in [1.29, 1.82) is 0 Å². The highest BCUT2D eigenvalue weighted by molar-refractivity contribution is 5.45. The minimum atomic E-state index is 0.111. The molecule has 0 aromatic heterocycles. The lowest BCUT2D eigenvalue weighted by Gasteiger charge is -2.08. The van der Waals surface area contributed by atoms with Crippen molar-refractivity contribution >= 4 is 5.69 Å². The van der Waals surface area contributed by atoms with Crippen molar-refractivity contribution in [2.24, 2.45) is 5.92 Å². The van der Waals surface area contributed by atoms with Gasteiger partial charge in [-0.05, 0) is 30.0 Å². The summed E-state index contributed by atoms with van der Waals surface area (Å²) in [5, 5.41) is 12.3. The summed E-state index contributed by atoms with van der Waals surface area (Å²) in [6.45, 7) is 5.53. The van der Waals surface area contributed by atoms with Gasteiger partial charge < -0.3 is 10.4 Å². The van der Waals surface area contributed by atoms with Crippen LogP contribution >= 0.6 is 0 Å². The van der Waals surface area contributed by atoms with Gasteiger partial charge in [0, 0.05) is 12.2 Å². The van der Waals surface area contributed by atoms with Gasteiger partial charge >= 0.3 is 0 Å². The lowest BCUT2D eigenvalue weighted by molar-refractivity contribution is 0.282. The van der Waals surface area contributed by atoms with E-state index in [0.29, 0.717) is 0 Å². The van der Waals surface area contributed by atoms with Crippen LogP contribution in [0.15, 0.2) is 24.3 Å². The van der Waals surface area contributed by atoms with E-state index in [9.17, 15) is 0 Å². The SMILES string of the molecule is CC(C)CCNc1cccc(CO)c1. The molecule has 0 unspecified atom stereocenters. The number of benzene rings is 1. The fraction of sp³-hybridized carbons (Fsp3) is 0.500. The van der Waals surface area contributed by atoms with E-state index in [1.807, 2.05) is 24.3 Å². The first kappa shape index (κ1) is 11.1. The van der Waals surface area contributed by atoms with Gasteiger partial charge in [-0.3, -0.25) is 0 Å². The van der Waals surface area contributed by atoms with E-state index in [-0.39, 0.29) is 6.61 Å². The summed E-state index contributed by atoms with van der Waals surface area (Å²) in [5.41, 5.74) is 2.05. The van der Waals surface area contributed by atoms with Crippen LogP contribution in [-0.2, 0) is 6.61 Å². The molecule has 0 atom stereocenters. The van der Waals surface area contributed by atoms with E-state index < -0.39 is 0 Å². The first-order valence-electron chi connectivity index (χ1n) is 5.16. The molecule has 0 heterocycles. The Morgan fingerprint density at radius 2 is 2.14 bits per heavy atom. The van der Waals surface area contributed by atoms with Gasteiger partial charge in [-0.15, -0.1) is 0 Å². The lowest BCUT2D eigenvalue weighted by Crippen LogP contribution is -2.04. The molecule has 14 heavy (non-hydrogen) atoms. The molecule has 1 rings (SSSR count). The van der Waals surface area contributed by atoms with Gasteiger partial charge in [0.1, 0.15) is 0 Å². The Kier molecular flexibility index (Phi) is 4.47. The lowest BCUT2D eigenvalue weighted by atomic mass is 10.1. The van der Waals surface area contributed by atoms with Crippen LogP contribution in [0.1, 0.15) is 25.8 Å². The molecule has 0 aliphatic carbocycles. The highest BCUT2D eigenvalue weighted by Gasteiger charge is 1.96. The Balaban J connectivity index is 2.42. The smallest absolute Gasteiger partial charge is 0.0682 e. The van der Waals surface area contributed by atoms with E-state index in [4.69, 9.17) is 5.11 Å². The quantitative estimate of drug-likeness (QED) is 0.753. The Labute approximate surface area is 86.0 Å². The molecule has 0 radical (unpaired) electrons. The average molecular weight is 193 g/mol. The second kappa shape index (κ2) is 5.66. The van der Waals surface area contributed by atoms with Crippen LogP contribution in [-0.4, -0.2) is 11.7 Å². The van der Waals surface area contributed by atoms with Gasteiger partial charge in [-0.2, -0.15) is 0 Å². The van der Waals surface area contributed by atoms with Crippen LogP contribution in [0.2, 0.25) is 0 Å². The number of rotatable bonds is 5. The highest BCUT2D eigenvalue weighted by atomic mass is 16.3. The highest BCUT2D eigenvalue weighted by Crippen LogP contribution is 2.11. The van der Waals surface area contributed by atoms with Crippen molar-refractivity contribution in [2.75, 3.05) is 11.9 Å². The molecular weight excluding hydrogens is 174 g/mol. The number of hydrogen-bond donors (Lipinski definition) is 2. The fourth-order valence-electron chi connectivity index (χ4n) is 1.28. The minimum Gasteiger partial charge on any atom is -0.392 e. The Bertz CT molecular complexity index is 271. The number of hydrogen-bond acceptors (Lipinski definition) is 2. The van der Waals surface area contributed by atoms with Gasteiger partial charge in [0.25, 0.3) is 0 Å². The van der Waals surface area contributed by atoms with Crippen molar-refractivity contribution < 1.29 is 5.11 Å². The Hall–Kier alpha value is -1.02. The maximum Gasteiger partial charge on any atom is 0.0682 e. The van der Waals surface area contributed by atoms with Crippen molar-refractivity contribution in [3.05, 3.63) is 29.8 Å². The van der Waals surface area contributed by atoms with Gasteiger partial charge in [-0.25, -0.2) is 0 Å². The summed E-state index contributed by atoms with van der Waals surface area (Å²) in [6, 6.07) is 7.90. The van der Waals surface area contributed by atoms with Crippen LogP contribution in [0.4, 0.5) is 5.69 Å². The van der Waals surface area contributed by atoms with Crippen LogP contribution in [0, 0.1) is 5.92 Å². The minimum absolute atomic E-state index is 0.111. The second-order valence-corrected chi connectivity index (χ2v) is 3.97. The number of nitrogens with one attached hydrogen (secondary N) is 1. The molecule has 1 aromatic rings. The first-order valence-corrected chi connectivity index (χ1v) is 5.16. The third-order valence-corrected chi connectivity index (χ3v) is 2.16. The molecule has 2 heteroatoms. The summed E-state index contributed by atoms with van der Waals surface area (Å²) in [5.74, 6) is 0.725. The molecule has 1 aromatic carbocycles. The van der Waals surface area contributed by atoms with Gasteiger partial charge in [0.15, 0.2) is 0 Å². The first-order chi connectivity index (χ1) is 6.72. The third kappa shape index (κ3) is 3.79. The maximum atomic E-state index is 8.95. The molecule has 78 valence electrons. The van der Waals surface area contributed by atoms with E-state index in [0.717, 1.165) is 23.7 Å². The number of aliphatic hydroxyl groups excluding tert-OH is 1. The monoisotopic (exact) mass is 193 g/mol. The van der Waals surface area contributed by atoms with E-state index in [1.54, 1.807) is 0 Å². The topological polar surface area (TPSA) is 32.3 Å². The summed E-state index contributed by atoms with van der Waals surface area (Å²) in [7, 11) is 0. The van der Waals surface area contributed by atoms with Crippen molar-refractivity contribution in [3.63, 3.8) is 0 Å². The van der Waals surface area contributed by atoms with E-state index in [1.165, 1.54) is 6.42 Å². The molecule has 0 bridgehead atoms. The zero-order valence-electron chi connectivity index (χ0n) is 8.96. The van der Waals surface area contributed by atoms with E-state index in [2.05, 4.69) is 19.2 Å². The van der Waals surface area contributed by atoms with Crippen LogP contribution in [0.3, 0.4) is 0 Å². The van der Waals surface area contributed by atoms with Crippen LogP contribution in [0.5, 0.6) is 0 Å². The summed E-state index contributed by atoms with van der Waals surface area (Å²) in [6.07, 6.45) is 1.17. The van der Waals surface area contributed by atoms with E-state index >= 15 is 0 Å². The third-order valence-electron chi connectivity index (χ3n) is 2.16. The van der Waals surface area contributed by atoms with Crippen LogP contribution < -0.4 is 5.32 Å². The molecular formula is C12H19NO. The molecule has 0 aliphatic heterocycles. The number of aliphatic hydroxyl groups is 1. The Morgan fingerprint density at radius 3 is 2.79 bits per heavy atom. The zero-order valence-corrected chi connectivity index (χ0v) is 8.96. The molecule has 0 aliphatic rings. The predicted octanol–water partition coefficient (Wildman–Crippen LogP) is 2.64. The zero-order chi connectivity index (χ0) is 10.4. The predicted molar refractivity (Wildman–Crippen MR) is 60.3 cm³/mol. The normalized spacial score (nSPS) is 10.6. The largest absolute Gasteiger partial charge is 0.392 e. The molecule has 0 fully saturated rings. The second-order valence-electron chi connectivity index (χ2n) is 3.97. The van der Waals surface area contributed by atoms with Crippen molar-refractivity contribution in [3.8, 4) is 0 Å². The van der Waals surface area contributed by atoms with Crippen molar-refractivity contribution in [1.82, 2.24) is 0 Å². The molecule has 0 saturated carbocycles. The van der Waals surface area contributed by atoms with Gasteiger partial charge in [0.05, 0.1) is 6.61 Å². The van der Waals surface area contributed by atoms with Crippen LogP contribution in [0.25, 0.3) is 0 Å².